The number of carbonyl (C=O) groups excluding carboxylic acids is 2. The molecule has 0 atom stereocenters. The van der Waals surface area contributed by atoms with Crippen LogP contribution in [0.4, 0.5) is 17.1 Å². The van der Waals surface area contributed by atoms with Crippen molar-refractivity contribution < 1.29 is 28.4 Å². The average molecular weight is 571 g/mol. The summed E-state index contributed by atoms with van der Waals surface area (Å²) in [5.41, 5.74) is 3.03. The van der Waals surface area contributed by atoms with E-state index in [-0.39, 0.29) is 23.1 Å². The van der Waals surface area contributed by atoms with E-state index in [1.54, 1.807) is 69.7 Å². The Morgan fingerprint density at radius 2 is 1.55 bits per heavy atom. The van der Waals surface area contributed by atoms with Crippen molar-refractivity contribution in [1.82, 2.24) is 4.90 Å². The number of nitrogens with one attached hydrogen (secondary N) is 1. The number of methoxy groups -OCH3 is 2. The first-order chi connectivity index (χ1) is 20.2. The first-order valence-corrected chi connectivity index (χ1v) is 13.3. The van der Waals surface area contributed by atoms with Crippen LogP contribution in [0.2, 0.25) is 0 Å². The van der Waals surface area contributed by atoms with Gasteiger partial charge in [0.2, 0.25) is 0 Å². The Hall–Kier alpha value is -5.32. The van der Waals surface area contributed by atoms with Crippen LogP contribution in [-0.2, 0) is 0 Å². The van der Waals surface area contributed by atoms with Crippen LogP contribution in [0.15, 0.2) is 77.2 Å². The summed E-state index contributed by atoms with van der Waals surface area (Å²) >= 11 is 0. The van der Waals surface area contributed by atoms with Gasteiger partial charge in [0.1, 0.15) is 17.3 Å². The van der Waals surface area contributed by atoms with Crippen molar-refractivity contribution in [1.29, 1.82) is 0 Å². The van der Waals surface area contributed by atoms with Crippen molar-refractivity contribution in [3.8, 4) is 22.8 Å². The van der Waals surface area contributed by atoms with E-state index in [1.165, 1.54) is 12.1 Å². The van der Waals surface area contributed by atoms with Crippen molar-refractivity contribution in [2.24, 2.45) is 0 Å². The van der Waals surface area contributed by atoms with E-state index in [2.05, 4.69) is 10.2 Å². The summed E-state index contributed by atoms with van der Waals surface area (Å²) in [5.74, 6) is 0.856. The summed E-state index contributed by atoms with van der Waals surface area (Å²) in [6.07, 6.45) is 0. The summed E-state index contributed by atoms with van der Waals surface area (Å²) in [5, 5.41) is 14.3. The number of amides is 2. The molecule has 1 aliphatic heterocycles. The minimum absolute atomic E-state index is 0.0402. The van der Waals surface area contributed by atoms with Crippen LogP contribution in [0.25, 0.3) is 11.3 Å². The summed E-state index contributed by atoms with van der Waals surface area (Å²) in [4.78, 5) is 40.9. The van der Waals surface area contributed by atoms with Crippen molar-refractivity contribution in [2.75, 3.05) is 50.6 Å². The van der Waals surface area contributed by atoms with Gasteiger partial charge in [-0.15, -0.1) is 0 Å². The normalized spacial score (nSPS) is 13.0. The van der Waals surface area contributed by atoms with E-state index in [9.17, 15) is 19.7 Å². The number of furan rings is 1. The molecule has 11 heteroatoms. The van der Waals surface area contributed by atoms with Gasteiger partial charge in [0.25, 0.3) is 17.5 Å². The number of hydrogen-bond donors (Lipinski definition) is 1. The molecule has 42 heavy (non-hydrogen) atoms. The molecule has 1 aromatic heterocycles. The van der Waals surface area contributed by atoms with Crippen LogP contribution < -0.4 is 19.7 Å². The Labute approximate surface area is 242 Å². The zero-order chi connectivity index (χ0) is 29.8. The lowest BCUT2D eigenvalue weighted by molar-refractivity contribution is -0.384. The number of ether oxygens (including phenoxy) is 2. The fraction of sp³-hybridized carbons (Fsp3) is 0.226. The van der Waals surface area contributed by atoms with Crippen LogP contribution in [0.5, 0.6) is 11.5 Å². The fourth-order valence-electron chi connectivity index (χ4n) is 4.84. The third-order valence-electron chi connectivity index (χ3n) is 7.10. The highest BCUT2D eigenvalue weighted by Crippen LogP contribution is 2.32. The quantitative estimate of drug-likeness (QED) is 0.221. The van der Waals surface area contributed by atoms with E-state index in [0.29, 0.717) is 54.5 Å². The smallest absolute Gasteiger partial charge is 0.291 e. The molecule has 0 unspecified atom stereocenters. The highest BCUT2D eigenvalue weighted by atomic mass is 16.6. The number of carbonyl (C=O) groups is 2. The molecule has 0 bridgehead atoms. The predicted octanol–water partition coefficient (Wildman–Crippen LogP) is 5.40. The van der Waals surface area contributed by atoms with Gasteiger partial charge in [0.15, 0.2) is 5.76 Å². The summed E-state index contributed by atoms with van der Waals surface area (Å²) in [6, 6.07) is 20.4. The number of hydrogen-bond acceptors (Lipinski definition) is 8. The zero-order valence-electron chi connectivity index (χ0n) is 23.5. The van der Waals surface area contributed by atoms with Crippen molar-refractivity contribution in [3.63, 3.8) is 0 Å². The number of aryl methyl sites for hydroxylation is 1. The fourth-order valence-corrected chi connectivity index (χ4v) is 4.84. The van der Waals surface area contributed by atoms with Crippen molar-refractivity contribution in [2.45, 2.75) is 6.92 Å². The molecule has 0 aliphatic carbocycles. The third kappa shape index (κ3) is 6.04. The monoisotopic (exact) mass is 570 g/mol. The first-order valence-electron chi connectivity index (χ1n) is 13.3. The van der Waals surface area contributed by atoms with Gasteiger partial charge < -0.3 is 29.0 Å². The Balaban J connectivity index is 1.19. The topological polar surface area (TPSA) is 127 Å². The second-order valence-corrected chi connectivity index (χ2v) is 9.82. The third-order valence-corrected chi connectivity index (χ3v) is 7.10. The van der Waals surface area contributed by atoms with Crippen LogP contribution >= 0.6 is 0 Å². The highest BCUT2D eigenvalue weighted by Gasteiger charge is 2.24. The molecule has 1 aliphatic rings. The lowest BCUT2D eigenvalue weighted by Crippen LogP contribution is -2.48. The molecule has 0 radical (unpaired) electrons. The largest absolute Gasteiger partial charge is 0.497 e. The number of rotatable bonds is 8. The first kappa shape index (κ1) is 28.2. The molecule has 216 valence electrons. The van der Waals surface area contributed by atoms with E-state index < -0.39 is 10.8 Å². The van der Waals surface area contributed by atoms with Crippen molar-refractivity contribution >= 4 is 28.9 Å². The van der Waals surface area contributed by atoms with Crippen LogP contribution in [0, 0.1) is 17.0 Å². The van der Waals surface area contributed by atoms with Crippen LogP contribution in [-0.4, -0.2) is 62.0 Å². The van der Waals surface area contributed by atoms with Crippen LogP contribution in [0.1, 0.15) is 26.5 Å². The van der Waals surface area contributed by atoms with Gasteiger partial charge in [0, 0.05) is 55.2 Å². The minimum Gasteiger partial charge on any atom is -0.497 e. The van der Waals surface area contributed by atoms with Gasteiger partial charge in [-0.2, -0.15) is 0 Å². The standard InChI is InChI=1S/C31H30N4O7/c1-20-4-9-26(27(16-20)35(38)39)28-10-11-29(42-28)30(36)32-22-5-7-23(8-6-22)33-12-14-34(15-13-33)31(37)21-17-24(40-2)19-25(18-21)41-3/h4-11,16-19H,12-15H2,1-3H3,(H,32,36). The lowest BCUT2D eigenvalue weighted by atomic mass is 10.1. The molecule has 3 aromatic carbocycles. The van der Waals surface area contributed by atoms with E-state index in [4.69, 9.17) is 13.9 Å². The number of nitro groups is 1. The minimum atomic E-state index is -0.470. The average Bonchev–Trinajstić information content (AvgIpc) is 3.51. The van der Waals surface area contributed by atoms with Gasteiger partial charge in [-0.3, -0.25) is 19.7 Å². The number of nitro benzene ring substituents is 1. The highest BCUT2D eigenvalue weighted by molar-refractivity contribution is 6.02. The van der Waals surface area contributed by atoms with E-state index >= 15 is 0 Å². The molecule has 2 heterocycles. The Kier molecular flexibility index (Phi) is 8.09. The van der Waals surface area contributed by atoms with Gasteiger partial charge in [-0.25, -0.2) is 0 Å². The summed E-state index contributed by atoms with van der Waals surface area (Å²) in [6.45, 7) is 4.18. The van der Waals surface area contributed by atoms with Gasteiger partial charge in [-0.05, 0) is 67.1 Å². The summed E-state index contributed by atoms with van der Waals surface area (Å²) < 4.78 is 16.3. The molecule has 4 aromatic rings. The van der Waals surface area contributed by atoms with Gasteiger partial charge in [0.05, 0.1) is 24.7 Å². The van der Waals surface area contributed by atoms with E-state index in [0.717, 1.165) is 11.3 Å². The zero-order valence-corrected chi connectivity index (χ0v) is 23.5. The lowest BCUT2D eigenvalue weighted by Gasteiger charge is -2.36. The second-order valence-electron chi connectivity index (χ2n) is 9.82. The molecule has 11 nitrogen and oxygen atoms in total. The maximum atomic E-state index is 13.1. The molecule has 1 fully saturated rings. The Morgan fingerprint density at radius 1 is 0.881 bits per heavy atom. The molecular weight excluding hydrogens is 540 g/mol. The molecule has 2 amide bonds. The molecule has 1 N–H and O–H groups in total. The molecule has 0 saturated carbocycles. The van der Waals surface area contributed by atoms with Crippen LogP contribution in [0.3, 0.4) is 0 Å². The Bertz CT molecular complexity index is 1600. The second kappa shape index (κ2) is 12.0. The SMILES string of the molecule is COc1cc(OC)cc(C(=O)N2CCN(c3ccc(NC(=O)c4ccc(-c5ccc(C)cc5[N+](=O)[O-])o4)cc3)CC2)c1. The number of benzene rings is 3. The van der Waals surface area contributed by atoms with Gasteiger partial charge >= 0.3 is 0 Å². The number of nitrogens with zero attached hydrogens (tertiary/aromatic N) is 3. The molecule has 1 saturated heterocycles. The van der Waals surface area contributed by atoms with Gasteiger partial charge in [-0.1, -0.05) is 6.07 Å². The molecule has 5 rings (SSSR count). The van der Waals surface area contributed by atoms with E-state index in [1.807, 2.05) is 17.0 Å². The van der Waals surface area contributed by atoms with Crippen molar-refractivity contribution in [3.05, 3.63) is 99.8 Å². The summed E-state index contributed by atoms with van der Waals surface area (Å²) in [7, 11) is 3.10. The number of anilines is 2. The maximum Gasteiger partial charge on any atom is 0.291 e. The number of piperazine rings is 1. The molecule has 0 spiro atoms. The predicted molar refractivity (Wildman–Crippen MR) is 158 cm³/mol. The maximum absolute atomic E-state index is 13.1. The Morgan fingerprint density at radius 3 is 2.17 bits per heavy atom. The molecular formula is C31H30N4O7.